The Morgan fingerprint density at radius 3 is 2.06 bits per heavy atom. The van der Waals surface area contributed by atoms with Crippen molar-refractivity contribution in [1.82, 2.24) is 4.98 Å². The van der Waals surface area contributed by atoms with Gasteiger partial charge in [-0.1, -0.05) is 30.3 Å². The van der Waals surface area contributed by atoms with Gasteiger partial charge in [-0.25, -0.2) is 0 Å². The highest BCUT2D eigenvalue weighted by Gasteiger charge is 1.97. The van der Waals surface area contributed by atoms with Crippen LogP contribution in [0.15, 0.2) is 54.9 Å². The molecule has 1 atom stereocenters. The molecule has 18 heavy (non-hydrogen) atoms. The first-order chi connectivity index (χ1) is 8.61. The highest BCUT2D eigenvalue weighted by atomic mass is 16.4. The first-order valence-corrected chi connectivity index (χ1v) is 5.60. The summed E-state index contributed by atoms with van der Waals surface area (Å²) in [7, 11) is 0. The van der Waals surface area contributed by atoms with Gasteiger partial charge in [0.05, 0.1) is 5.97 Å². The molecule has 94 valence electrons. The normalized spacial score (nSPS) is 11.0. The maximum Gasteiger partial charge on any atom is 0.107 e. The molecule has 0 unspecified atom stereocenters. The lowest BCUT2D eigenvalue weighted by Gasteiger charge is -1.98. The number of aromatic carboxylic acids is 1. The van der Waals surface area contributed by atoms with E-state index in [4.69, 9.17) is 0 Å². The minimum absolute atomic E-state index is 0.157. The quantitative estimate of drug-likeness (QED) is 0.832. The summed E-state index contributed by atoms with van der Waals surface area (Å²) < 4.78 is 0. The van der Waals surface area contributed by atoms with Gasteiger partial charge >= 0.3 is 0 Å². The number of rotatable bonds is 2. The maximum atomic E-state index is 10.1. The number of carboxylic acid groups (broad SMARTS) is 1. The number of benzene rings is 1. The number of nitrogens with zero attached hydrogens (tertiary/aromatic N) is 1. The summed E-state index contributed by atoms with van der Waals surface area (Å²) in [5.41, 5.74) is 5.37. The summed E-state index contributed by atoms with van der Waals surface area (Å²) in [4.78, 5) is 13.7. The van der Waals surface area contributed by atoms with E-state index in [0.717, 1.165) is 0 Å². The topological polar surface area (TPSA) is 80.7 Å². The second-order valence-corrected chi connectivity index (χ2v) is 3.84. The van der Waals surface area contributed by atoms with Crippen molar-refractivity contribution in [2.24, 2.45) is 0 Å². The third-order valence-corrected chi connectivity index (χ3v) is 2.28. The summed E-state index contributed by atoms with van der Waals surface area (Å²) >= 11 is 0. The predicted octanol–water partition coefficient (Wildman–Crippen LogP) is 0.435. The van der Waals surface area contributed by atoms with Crippen LogP contribution in [-0.4, -0.2) is 11.0 Å². The van der Waals surface area contributed by atoms with Gasteiger partial charge in [0.2, 0.25) is 0 Å². The van der Waals surface area contributed by atoms with E-state index in [1.807, 2.05) is 18.2 Å². The zero-order chi connectivity index (χ0) is 13.4. The molecule has 4 heteroatoms. The fraction of sp³-hybridized carbons (Fsp3) is 0.143. The number of hydrogen-bond acceptors (Lipinski definition) is 3. The van der Waals surface area contributed by atoms with Crippen molar-refractivity contribution in [3.8, 4) is 0 Å². The Hall–Kier alpha value is -2.20. The molecule has 0 bridgehead atoms. The van der Waals surface area contributed by atoms with Crippen LogP contribution in [-0.2, 0) is 0 Å². The van der Waals surface area contributed by atoms with Crippen LogP contribution in [0.1, 0.15) is 28.9 Å². The smallest absolute Gasteiger partial charge is 0.107 e. The Morgan fingerprint density at radius 2 is 1.72 bits per heavy atom. The van der Waals surface area contributed by atoms with Crippen molar-refractivity contribution in [3.05, 3.63) is 66.0 Å². The molecular weight excluding hydrogens is 228 g/mol. The number of pyridine rings is 1. The lowest BCUT2D eigenvalue weighted by Crippen LogP contribution is -2.51. The number of carboxylic acids is 1. The molecular formula is C14H16N2O2. The molecule has 1 aromatic carbocycles. The van der Waals surface area contributed by atoms with Gasteiger partial charge in [0.1, 0.15) is 6.04 Å². The second-order valence-electron chi connectivity index (χ2n) is 3.84. The summed E-state index contributed by atoms with van der Waals surface area (Å²) in [5, 5.41) is 10.1. The van der Waals surface area contributed by atoms with E-state index < -0.39 is 5.97 Å². The lowest BCUT2D eigenvalue weighted by molar-refractivity contribution is -0.420. The van der Waals surface area contributed by atoms with Crippen LogP contribution in [0.2, 0.25) is 0 Å². The molecule has 0 spiro atoms. The molecule has 0 aliphatic carbocycles. The molecule has 2 aromatic rings. The van der Waals surface area contributed by atoms with Crippen molar-refractivity contribution in [3.63, 3.8) is 0 Å². The van der Waals surface area contributed by atoms with Crippen LogP contribution in [0, 0.1) is 0 Å². The predicted molar refractivity (Wildman–Crippen MR) is 66.3 cm³/mol. The third-order valence-electron chi connectivity index (χ3n) is 2.28. The van der Waals surface area contributed by atoms with Crippen molar-refractivity contribution in [1.29, 1.82) is 0 Å². The number of quaternary nitrogens is 1. The average Bonchev–Trinajstić information content (AvgIpc) is 2.41. The Kier molecular flexibility index (Phi) is 5.54. The van der Waals surface area contributed by atoms with Crippen LogP contribution in [0.5, 0.6) is 0 Å². The van der Waals surface area contributed by atoms with E-state index in [0.29, 0.717) is 6.04 Å². The Bertz CT molecular complexity index is 470. The van der Waals surface area contributed by atoms with E-state index in [1.165, 1.54) is 30.1 Å². The zero-order valence-electron chi connectivity index (χ0n) is 10.2. The fourth-order valence-electron chi connectivity index (χ4n) is 1.27. The molecule has 0 fully saturated rings. The summed E-state index contributed by atoms with van der Waals surface area (Å²) in [6.45, 7) is 2.09. The molecule has 0 saturated carbocycles. The van der Waals surface area contributed by atoms with Gasteiger partial charge in [0.25, 0.3) is 0 Å². The van der Waals surface area contributed by atoms with E-state index >= 15 is 0 Å². The molecule has 4 nitrogen and oxygen atoms in total. The first kappa shape index (κ1) is 13.9. The fourth-order valence-corrected chi connectivity index (χ4v) is 1.27. The number of aromatic nitrogens is 1. The molecule has 1 aromatic heterocycles. The summed E-state index contributed by atoms with van der Waals surface area (Å²) in [5.74, 6) is -1.17. The Balaban J connectivity index is 0.000000180. The Morgan fingerprint density at radius 1 is 1.17 bits per heavy atom. The van der Waals surface area contributed by atoms with Crippen LogP contribution >= 0.6 is 0 Å². The minimum Gasteiger partial charge on any atom is -0.545 e. The van der Waals surface area contributed by atoms with Crippen LogP contribution in [0.25, 0.3) is 0 Å². The first-order valence-electron chi connectivity index (χ1n) is 5.60. The summed E-state index contributed by atoms with van der Waals surface area (Å²) in [6, 6.07) is 13.5. The van der Waals surface area contributed by atoms with E-state index in [-0.39, 0.29) is 5.56 Å². The maximum absolute atomic E-state index is 10.1. The van der Waals surface area contributed by atoms with Crippen molar-refractivity contribution < 1.29 is 15.6 Å². The van der Waals surface area contributed by atoms with Gasteiger partial charge in [0, 0.05) is 23.5 Å². The average molecular weight is 244 g/mol. The van der Waals surface area contributed by atoms with Crippen LogP contribution < -0.4 is 10.8 Å². The van der Waals surface area contributed by atoms with Gasteiger partial charge in [-0.3, -0.25) is 4.98 Å². The number of carbonyl (C=O) groups is 1. The molecule has 0 aliphatic rings. The minimum atomic E-state index is -1.17. The lowest BCUT2D eigenvalue weighted by atomic mass is 10.1. The number of carbonyl (C=O) groups excluding carboxylic acids is 1. The van der Waals surface area contributed by atoms with Gasteiger partial charge in [0.15, 0.2) is 0 Å². The molecule has 3 N–H and O–H groups in total. The van der Waals surface area contributed by atoms with Gasteiger partial charge in [-0.15, -0.1) is 0 Å². The second kappa shape index (κ2) is 7.19. The SMILES string of the molecule is C[C@H]([NH3+])c1ccccc1.O=C([O-])c1ccncc1. The molecule has 0 radical (unpaired) electrons. The van der Waals surface area contributed by atoms with Crippen LogP contribution in [0.4, 0.5) is 0 Å². The van der Waals surface area contributed by atoms with E-state index in [9.17, 15) is 9.90 Å². The van der Waals surface area contributed by atoms with Gasteiger partial charge in [-0.05, 0) is 19.1 Å². The highest BCUT2D eigenvalue weighted by molar-refractivity contribution is 5.85. The highest BCUT2D eigenvalue weighted by Crippen LogP contribution is 2.04. The monoisotopic (exact) mass is 244 g/mol. The molecule has 0 aliphatic heterocycles. The molecule has 0 saturated heterocycles. The van der Waals surface area contributed by atoms with Crippen molar-refractivity contribution >= 4 is 5.97 Å². The third kappa shape index (κ3) is 4.76. The van der Waals surface area contributed by atoms with Crippen molar-refractivity contribution in [2.45, 2.75) is 13.0 Å². The molecule has 2 rings (SSSR count). The standard InChI is InChI=1S/C8H11N.C6H5NO2/c1-7(9)8-5-3-2-4-6-8;8-6(9)5-1-3-7-4-2-5/h2-7H,9H2,1H3;1-4H,(H,8,9)/t7-;/m0./s1. The largest absolute Gasteiger partial charge is 0.545 e. The molecule has 1 heterocycles. The van der Waals surface area contributed by atoms with Crippen molar-refractivity contribution in [2.75, 3.05) is 0 Å². The van der Waals surface area contributed by atoms with Gasteiger partial charge < -0.3 is 15.6 Å². The van der Waals surface area contributed by atoms with Gasteiger partial charge in [-0.2, -0.15) is 0 Å². The zero-order valence-corrected chi connectivity index (χ0v) is 10.2. The van der Waals surface area contributed by atoms with E-state index in [2.05, 4.69) is 29.8 Å². The summed E-state index contributed by atoms with van der Waals surface area (Å²) in [6.07, 6.45) is 2.82. The number of hydrogen-bond donors (Lipinski definition) is 1. The van der Waals surface area contributed by atoms with Crippen LogP contribution in [0.3, 0.4) is 0 Å². The van der Waals surface area contributed by atoms with E-state index in [1.54, 1.807) is 0 Å². The molecule has 0 amide bonds. The Labute approximate surface area is 106 Å².